The highest BCUT2D eigenvalue weighted by molar-refractivity contribution is 7.07. The first-order chi connectivity index (χ1) is 12.3. The molecule has 0 bridgehead atoms. The highest BCUT2D eigenvalue weighted by Crippen LogP contribution is 2.32. The van der Waals surface area contributed by atoms with Crippen molar-refractivity contribution in [3.05, 3.63) is 22.4 Å². The van der Waals surface area contributed by atoms with Crippen LogP contribution in [0.4, 0.5) is 13.2 Å². The van der Waals surface area contributed by atoms with E-state index < -0.39 is 12.1 Å². The first-order valence-corrected chi connectivity index (χ1v) is 9.54. The van der Waals surface area contributed by atoms with Gasteiger partial charge in [-0.1, -0.05) is 0 Å². The molecule has 2 fully saturated rings. The van der Waals surface area contributed by atoms with Crippen molar-refractivity contribution in [1.82, 2.24) is 4.90 Å². The number of nitrogens with zero attached hydrogens (tertiary/aromatic N) is 1. The Kier molecular flexibility index (Phi) is 7.87. The molecule has 3 heterocycles. The quantitative estimate of drug-likeness (QED) is 0.827. The number of thiophene rings is 1. The average molecular weight is 395 g/mol. The highest BCUT2D eigenvalue weighted by Gasteiger charge is 2.39. The van der Waals surface area contributed by atoms with Crippen molar-refractivity contribution in [2.45, 2.75) is 57.2 Å². The van der Waals surface area contributed by atoms with Gasteiger partial charge < -0.3 is 14.6 Å². The maximum Gasteiger partial charge on any atom is 0.490 e. The van der Waals surface area contributed by atoms with Gasteiger partial charge in [0.25, 0.3) is 0 Å². The highest BCUT2D eigenvalue weighted by atomic mass is 32.1. The zero-order valence-electron chi connectivity index (χ0n) is 14.6. The van der Waals surface area contributed by atoms with Crippen molar-refractivity contribution in [1.29, 1.82) is 0 Å². The third-order valence-electron chi connectivity index (χ3n) is 4.47. The number of ether oxygens (including phenoxy) is 2. The van der Waals surface area contributed by atoms with Gasteiger partial charge in [0.2, 0.25) is 0 Å². The van der Waals surface area contributed by atoms with Crippen LogP contribution in [-0.2, 0) is 20.8 Å². The molecular weight excluding hydrogens is 371 g/mol. The van der Waals surface area contributed by atoms with E-state index in [1.165, 1.54) is 24.9 Å². The van der Waals surface area contributed by atoms with Gasteiger partial charge in [-0.2, -0.15) is 24.5 Å². The topological polar surface area (TPSA) is 59.0 Å². The Morgan fingerprint density at radius 2 is 2.15 bits per heavy atom. The fourth-order valence-corrected chi connectivity index (χ4v) is 3.93. The molecule has 0 aliphatic carbocycles. The fraction of sp³-hybridized carbons (Fsp3) is 0.706. The Labute approximate surface area is 154 Å². The van der Waals surface area contributed by atoms with Gasteiger partial charge in [-0.05, 0) is 48.6 Å². The number of carboxylic acids is 1. The van der Waals surface area contributed by atoms with E-state index in [9.17, 15) is 13.2 Å². The second-order valence-corrected chi connectivity index (χ2v) is 7.07. The van der Waals surface area contributed by atoms with Gasteiger partial charge in [-0.3, -0.25) is 4.90 Å². The van der Waals surface area contributed by atoms with E-state index >= 15 is 0 Å². The average Bonchev–Trinajstić information content (AvgIpc) is 3.23. The molecule has 0 unspecified atom stereocenters. The molecule has 2 aliphatic rings. The van der Waals surface area contributed by atoms with E-state index in [0.717, 1.165) is 26.2 Å². The van der Waals surface area contributed by atoms with Crippen molar-refractivity contribution < 1.29 is 32.5 Å². The fourth-order valence-electron chi connectivity index (χ4n) is 3.27. The normalized spacial score (nSPS) is 26.1. The summed E-state index contributed by atoms with van der Waals surface area (Å²) in [5.74, 6) is -2.76. The van der Waals surface area contributed by atoms with Gasteiger partial charge in [0, 0.05) is 25.7 Å². The van der Waals surface area contributed by atoms with Crippen LogP contribution in [0.25, 0.3) is 0 Å². The smallest absolute Gasteiger partial charge is 0.475 e. The summed E-state index contributed by atoms with van der Waals surface area (Å²) in [5.41, 5.74) is 1.45. The Morgan fingerprint density at radius 3 is 2.73 bits per heavy atom. The predicted octanol–water partition coefficient (Wildman–Crippen LogP) is 3.54. The van der Waals surface area contributed by atoms with Crippen LogP contribution >= 0.6 is 11.3 Å². The maximum absolute atomic E-state index is 10.6. The molecular formula is C17H24F3NO4S. The van der Waals surface area contributed by atoms with Crippen molar-refractivity contribution >= 4 is 17.3 Å². The largest absolute Gasteiger partial charge is 0.490 e. The summed E-state index contributed by atoms with van der Waals surface area (Å²) < 4.78 is 43.4. The first kappa shape index (κ1) is 21.1. The zero-order chi connectivity index (χ0) is 19.2. The van der Waals surface area contributed by atoms with Crippen molar-refractivity contribution in [3.8, 4) is 0 Å². The molecule has 1 N–H and O–H groups in total. The summed E-state index contributed by atoms with van der Waals surface area (Å²) in [6.45, 7) is 5.86. The zero-order valence-corrected chi connectivity index (χ0v) is 15.4. The third-order valence-corrected chi connectivity index (χ3v) is 5.20. The minimum Gasteiger partial charge on any atom is -0.475 e. The molecule has 3 rings (SSSR count). The second-order valence-electron chi connectivity index (χ2n) is 6.29. The number of carboxylic acid groups (broad SMARTS) is 1. The number of hydrogen-bond donors (Lipinski definition) is 1. The lowest BCUT2D eigenvalue weighted by Gasteiger charge is -2.35. The maximum atomic E-state index is 10.6. The molecule has 3 atom stereocenters. The van der Waals surface area contributed by atoms with E-state index in [1.807, 2.05) is 6.92 Å². The van der Waals surface area contributed by atoms with Crippen LogP contribution in [0.3, 0.4) is 0 Å². The molecule has 0 amide bonds. The van der Waals surface area contributed by atoms with Crippen LogP contribution in [0, 0.1) is 0 Å². The SMILES string of the molecule is CCOC[C@@H]1CC[C@H]2[C@H](CCN2Cc2ccsc2)O1.O=C(O)C(F)(F)F. The summed E-state index contributed by atoms with van der Waals surface area (Å²) >= 11 is 1.79. The minimum atomic E-state index is -5.08. The molecule has 148 valence electrons. The number of aliphatic carboxylic acids is 1. The van der Waals surface area contributed by atoms with E-state index in [0.29, 0.717) is 18.2 Å². The standard InChI is InChI=1S/C15H23NO2S.C2HF3O2/c1-2-17-10-13-3-4-14-15(18-13)5-7-16(14)9-12-6-8-19-11-12;3-2(4,5)1(6)7/h6,8,11,13-15H,2-5,7,9-10H2,1H3;(H,6,7)/t13-,14-,15-;/m0./s1. The third kappa shape index (κ3) is 6.22. The Bertz CT molecular complexity index is 553. The van der Waals surface area contributed by atoms with Crippen LogP contribution in [-0.4, -0.2) is 60.2 Å². The molecule has 0 saturated carbocycles. The van der Waals surface area contributed by atoms with Crippen LogP contribution in [0.1, 0.15) is 31.7 Å². The van der Waals surface area contributed by atoms with Gasteiger partial charge >= 0.3 is 12.1 Å². The van der Waals surface area contributed by atoms with Crippen LogP contribution < -0.4 is 0 Å². The lowest BCUT2D eigenvalue weighted by molar-refractivity contribution is -0.192. The summed E-state index contributed by atoms with van der Waals surface area (Å²) in [7, 11) is 0. The molecule has 0 spiro atoms. The predicted molar refractivity (Wildman–Crippen MR) is 91.2 cm³/mol. The lowest BCUT2D eigenvalue weighted by atomic mass is 9.99. The lowest BCUT2D eigenvalue weighted by Crippen LogP contribution is -2.43. The van der Waals surface area contributed by atoms with Gasteiger partial charge in [-0.25, -0.2) is 4.79 Å². The van der Waals surface area contributed by atoms with Crippen LogP contribution in [0.5, 0.6) is 0 Å². The summed E-state index contributed by atoms with van der Waals surface area (Å²) in [5, 5.41) is 11.5. The Balaban J connectivity index is 0.000000298. The van der Waals surface area contributed by atoms with Gasteiger partial charge in [0.05, 0.1) is 18.8 Å². The van der Waals surface area contributed by atoms with Crippen molar-refractivity contribution in [3.63, 3.8) is 0 Å². The van der Waals surface area contributed by atoms with Gasteiger partial charge in [0.1, 0.15) is 0 Å². The summed E-state index contributed by atoms with van der Waals surface area (Å²) in [6, 6.07) is 2.86. The Hall–Kier alpha value is -1.16. The number of alkyl halides is 3. The summed E-state index contributed by atoms with van der Waals surface area (Å²) in [6.07, 6.45) is -0.759. The van der Waals surface area contributed by atoms with Crippen LogP contribution in [0.15, 0.2) is 16.8 Å². The molecule has 2 aliphatic heterocycles. The monoisotopic (exact) mass is 395 g/mol. The first-order valence-electron chi connectivity index (χ1n) is 8.59. The Morgan fingerprint density at radius 1 is 1.42 bits per heavy atom. The number of carbonyl (C=O) groups is 1. The molecule has 26 heavy (non-hydrogen) atoms. The second kappa shape index (κ2) is 9.68. The molecule has 9 heteroatoms. The van der Waals surface area contributed by atoms with Crippen molar-refractivity contribution in [2.75, 3.05) is 19.8 Å². The van der Waals surface area contributed by atoms with E-state index in [4.69, 9.17) is 19.4 Å². The van der Waals surface area contributed by atoms with Crippen LogP contribution in [0.2, 0.25) is 0 Å². The van der Waals surface area contributed by atoms with Crippen molar-refractivity contribution in [2.24, 2.45) is 0 Å². The van der Waals surface area contributed by atoms with E-state index in [1.54, 1.807) is 11.3 Å². The molecule has 1 aromatic rings. The molecule has 5 nitrogen and oxygen atoms in total. The number of fused-ring (bicyclic) bond motifs is 1. The number of hydrogen-bond acceptors (Lipinski definition) is 5. The van der Waals surface area contributed by atoms with E-state index in [-0.39, 0.29) is 0 Å². The number of likely N-dealkylation sites (tertiary alicyclic amines) is 1. The molecule has 0 radical (unpaired) electrons. The minimum absolute atomic E-state index is 0.322. The van der Waals surface area contributed by atoms with E-state index in [2.05, 4.69) is 21.7 Å². The summed E-state index contributed by atoms with van der Waals surface area (Å²) in [4.78, 5) is 11.5. The number of halogens is 3. The van der Waals surface area contributed by atoms with Gasteiger partial charge in [0.15, 0.2) is 0 Å². The molecule has 2 saturated heterocycles. The van der Waals surface area contributed by atoms with Gasteiger partial charge in [-0.15, -0.1) is 0 Å². The molecule has 1 aromatic heterocycles. The molecule has 0 aromatic carbocycles. The number of rotatable bonds is 5.